The van der Waals surface area contributed by atoms with Gasteiger partial charge in [0.05, 0.1) is 4.88 Å². The van der Waals surface area contributed by atoms with Crippen LogP contribution in [0.2, 0.25) is 0 Å². The monoisotopic (exact) mass is 494 g/mol. The molecule has 0 bridgehead atoms. The van der Waals surface area contributed by atoms with Gasteiger partial charge in [0.1, 0.15) is 16.8 Å². The Labute approximate surface area is 198 Å². The molecule has 1 aliphatic carbocycles. The maximum atomic E-state index is 12.9. The van der Waals surface area contributed by atoms with Crippen molar-refractivity contribution < 1.29 is 28.2 Å². The van der Waals surface area contributed by atoms with Crippen LogP contribution in [0.5, 0.6) is 0 Å². The molecule has 0 aliphatic heterocycles. The van der Waals surface area contributed by atoms with Gasteiger partial charge in [-0.1, -0.05) is 25.3 Å². The Hall–Kier alpha value is -3.05. The molecule has 182 valence electrons. The Bertz CT molecular complexity index is 1100. The number of alkyl halides is 3. The van der Waals surface area contributed by atoms with Gasteiger partial charge in [0.25, 0.3) is 6.47 Å². The molecule has 3 aromatic rings. The topological polar surface area (TPSA) is 108 Å². The van der Waals surface area contributed by atoms with Crippen LogP contribution in [0.1, 0.15) is 54.5 Å². The van der Waals surface area contributed by atoms with Crippen molar-refractivity contribution in [3.8, 4) is 10.4 Å². The molecule has 1 saturated carbocycles. The predicted molar refractivity (Wildman–Crippen MR) is 123 cm³/mol. The summed E-state index contributed by atoms with van der Waals surface area (Å²) in [4.78, 5) is 21.2. The SMILES string of the molecule is Cc1cc(Nc2nccc(C(F)(F)F)n2)cc(-c2cnc(C(O)C3CCCCC3)s2)c1.O=CO. The number of nitrogens with one attached hydrogen (secondary N) is 1. The average molecular weight is 495 g/mol. The molecule has 1 aliphatic rings. The van der Waals surface area contributed by atoms with Crippen LogP contribution < -0.4 is 5.32 Å². The largest absolute Gasteiger partial charge is 0.483 e. The Balaban J connectivity index is 0.00000103. The molecule has 1 aromatic carbocycles. The van der Waals surface area contributed by atoms with Crippen molar-refractivity contribution in [3.05, 3.63) is 52.9 Å². The summed E-state index contributed by atoms with van der Waals surface area (Å²) in [7, 11) is 0. The fraction of sp³-hybridized carbons (Fsp3) is 0.391. The van der Waals surface area contributed by atoms with Gasteiger partial charge in [0.2, 0.25) is 5.95 Å². The molecule has 11 heteroatoms. The zero-order chi connectivity index (χ0) is 24.7. The van der Waals surface area contributed by atoms with E-state index in [2.05, 4.69) is 20.3 Å². The fourth-order valence-corrected chi connectivity index (χ4v) is 4.90. The van der Waals surface area contributed by atoms with Gasteiger partial charge < -0.3 is 15.5 Å². The number of nitrogens with zero attached hydrogens (tertiary/aromatic N) is 3. The average Bonchev–Trinajstić information content (AvgIpc) is 3.29. The first-order valence-electron chi connectivity index (χ1n) is 10.7. The van der Waals surface area contributed by atoms with Crippen molar-refractivity contribution in [2.24, 2.45) is 5.92 Å². The van der Waals surface area contributed by atoms with Crippen LogP contribution in [-0.2, 0) is 11.0 Å². The second-order valence-electron chi connectivity index (χ2n) is 7.99. The molecular formula is C23H25F3N4O3S. The molecule has 1 atom stereocenters. The first kappa shape index (κ1) is 25.6. The van der Waals surface area contributed by atoms with Crippen LogP contribution >= 0.6 is 11.3 Å². The minimum atomic E-state index is -4.53. The quantitative estimate of drug-likeness (QED) is 0.374. The summed E-state index contributed by atoms with van der Waals surface area (Å²) >= 11 is 1.45. The second kappa shape index (κ2) is 11.4. The highest BCUT2D eigenvalue weighted by atomic mass is 32.1. The Kier molecular flexibility index (Phi) is 8.56. The molecule has 7 nitrogen and oxygen atoms in total. The molecule has 1 unspecified atom stereocenters. The third-order valence-corrected chi connectivity index (χ3v) is 6.55. The Morgan fingerprint density at radius 3 is 2.56 bits per heavy atom. The lowest BCUT2D eigenvalue weighted by Crippen LogP contribution is -2.15. The molecule has 2 heterocycles. The third-order valence-electron chi connectivity index (χ3n) is 5.44. The number of carbonyl (C=O) groups is 1. The number of aryl methyl sites for hydroxylation is 1. The van der Waals surface area contributed by atoms with Crippen molar-refractivity contribution >= 4 is 29.4 Å². The normalized spacial score (nSPS) is 15.2. The van der Waals surface area contributed by atoms with Gasteiger partial charge >= 0.3 is 6.18 Å². The van der Waals surface area contributed by atoms with E-state index in [4.69, 9.17) is 9.90 Å². The summed E-state index contributed by atoms with van der Waals surface area (Å²) in [6.45, 7) is 1.65. The summed E-state index contributed by atoms with van der Waals surface area (Å²) in [5, 5.41) is 21.2. The standard InChI is InChI=1S/C22H23F3N4OS.CH2O2/c1-13-9-15(17-12-27-20(31-17)19(30)14-5-3-2-4-6-14)11-16(10-13)28-21-26-8-7-18(29-21)22(23,24)25;2-1-3/h7-12,14,19,30H,2-6H2,1H3,(H,26,28,29);1H,(H,2,3). The van der Waals surface area contributed by atoms with Crippen molar-refractivity contribution in [3.63, 3.8) is 0 Å². The molecule has 0 saturated heterocycles. The molecule has 1 fully saturated rings. The van der Waals surface area contributed by atoms with E-state index in [0.717, 1.165) is 54.0 Å². The highest BCUT2D eigenvalue weighted by molar-refractivity contribution is 7.15. The van der Waals surface area contributed by atoms with Crippen LogP contribution in [0.4, 0.5) is 24.8 Å². The second-order valence-corrected chi connectivity index (χ2v) is 9.05. The number of hydrogen-bond acceptors (Lipinski definition) is 7. The minimum absolute atomic E-state index is 0.121. The lowest BCUT2D eigenvalue weighted by atomic mass is 9.85. The molecule has 0 spiro atoms. The number of aliphatic hydroxyl groups excluding tert-OH is 1. The summed E-state index contributed by atoms with van der Waals surface area (Å²) in [6.07, 6.45) is 3.28. The van der Waals surface area contributed by atoms with E-state index in [1.54, 1.807) is 6.20 Å². The van der Waals surface area contributed by atoms with Crippen molar-refractivity contribution in [1.29, 1.82) is 0 Å². The molecule has 0 amide bonds. The van der Waals surface area contributed by atoms with E-state index in [0.29, 0.717) is 10.7 Å². The van der Waals surface area contributed by atoms with Crippen LogP contribution in [0, 0.1) is 12.8 Å². The summed E-state index contributed by atoms with van der Waals surface area (Å²) in [5.41, 5.74) is 1.38. The van der Waals surface area contributed by atoms with E-state index in [1.807, 2.05) is 25.1 Å². The number of carboxylic acid groups (broad SMARTS) is 1. The Morgan fingerprint density at radius 2 is 1.88 bits per heavy atom. The number of hydrogen-bond donors (Lipinski definition) is 3. The van der Waals surface area contributed by atoms with Crippen LogP contribution in [0.3, 0.4) is 0 Å². The minimum Gasteiger partial charge on any atom is -0.483 e. The summed E-state index contributed by atoms with van der Waals surface area (Å²) < 4.78 is 38.7. The zero-order valence-electron chi connectivity index (χ0n) is 18.4. The smallest absolute Gasteiger partial charge is 0.433 e. The number of benzene rings is 1. The van der Waals surface area contributed by atoms with Gasteiger partial charge in [-0.15, -0.1) is 11.3 Å². The third kappa shape index (κ3) is 6.73. The first-order valence-corrected chi connectivity index (χ1v) is 11.5. The molecule has 4 rings (SSSR count). The van der Waals surface area contributed by atoms with E-state index >= 15 is 0 Å². The Morgan fingerprint density at radius 1 is 1.18 bits per heavy atom. The van der Waals surface area contributed by atoms with Gasteiger partial charge in [0, 0.05) is 18.1 Å². The first-order chi connectivity index (χ1) is 16.2. The predicted octanol–water partition coefficient (Wildman–Crippen LogP) is 5.99. The van der Waals surface area contributed by atoms with Crippen molar-refractivity contribution in [2.75, 3.05) is 5.32 Å². The number of aliphatic hydroxyl groups is 1. The fourth-order valence-electron chi connectivity index (χ4n) is 3.91. The number of halogens is 3. The lowest BCUT2D eigenvalue weighted by molar-refractivity contribution is -0.141. The number of anilines is 2. The van der Waals surface area contributed by atoms with Gasteiger partial charge in [-0.3, -0.25) is 4.79 Å². The van der Waals surface area contributed by atoms with E-state index in [1.165, 1.54) is 17.8 Å². The van der Waals surface area contributed by atoms with Gasteiger partial charge in [-0.05, 0) is 55.0 Å². The van der Waals surface area contributed by atoms with Crippen LogP contribution in [-0.4, -0.2) is 31.6 Å². The summed E-state index contributed by atoms with van der Waals surface area (Å²) in [6, 6.07) is 6.44. The van der Waals surface area contributed by atoms with Crippen molar-refractivity contribution in [2.45, 2.75) is 51.3 Å². The van der Waals surface area contributed by atoms with Crippen LogP contribution in [0.25, 0.3) is 10.4 Å². The summed E-state index contributed by atoms with van der Waals surface area (Å²) in [5.74, 6) is 0.129. The molecule has 3 N–H and O–H groups in total. The lowest BCUT2D eigenvalue weighted by Gasteiger charge is -2.25. The number of thiazole rings is 1. The van der Waals surface area contributed by atoms with Gasteiger partial charge in [0.15, 0.2) is 0 Å². The molecular weight excluding hydrogens is 469 g/mol. The highest BCUT2D eigenvalue weighted by Crippen LogP contribution is 2.38. The maximum absolute atomic E-state index is 12.9. The van der Waals surface area contributed by atoms with E-state index < -0.39 is 18.0 Å². The van der Waals surface area contributed by atoms with E-state index in [-0.39, 0.29) is 18.3 Å². The molecule has 34 heavy (non-hydrogen) atoms. The maximum Gasteiger partial charge on any atom is 0.433 e. The number of rotatable bonds is 5. The van der Waals surface area contributed by atoms with Gasteiger partial charge in [-0.25, -0.2) is 15.0 Å². The van der Waals surface area contributed by atoms with E-state index in [9.17, 15) is 18.3 Å². The zero-order valence-corrected chi connectivity index (χ0v) is 19.2. The molecule has 2 aromatic heterocycles. The molecule has 0 radical (unpaired) electrons. The van der Waals surface area contributed by atoms with Crippen molar-refractivity contribution in [1.82, 2.24) is 15.0 Å². The van der Waals surface area contributed by atoms with Gasteiger partial charge in [-0.2, -0.15) is 13.2 Å². The van der Waals surface area contributed by atoms with Crippen LogP contribution in [0.15, 0.2) is 36.7 Å². The highest BCUT2D eigenvalue weighted by Gasteiger charge is 2.32. The number of aromatic nitrogens is 3.